The van der Waals surface area contributed by atoms with Crippen LogP contribution in [0.3, 0.4) is 0 Å². The van der Waals surface area contributed by atoms with Crippen molar-refractivity contribution in [3.05, 3.63) is 52.0 Å². The van der Waals surface area contributed by atoms with Gasteiger partial charge in [-0.3, -0.25) is 0 Å². The maximum atomic E-state index is 13.2. The second-order valence-electron chi connectivity index (χ2n) is 4.84. The Hall–Kier alpha value is -2.02. The van der Waals surface area contributed by atoms with Gasteiger partial charge in [0.15, 0.2) is 11.6 Å². The van der Waals surface area contributed by atoms with Crippen molar-refractivity contribution in [3.63, 3.8) is 0 Å². The predicted octanol–water partition coefficient (Wildman–Crippen LogP) is 3.93. The third-order valence-electron chi connectivity index (χ3n) is 3.25. The highest BCUT2D eigenvalue weighted by atomic mass is 32.1. The summed E-state index contributed by atoms with van der Waals surface area (Å²) in [6.07, 6.45) is 2.40. The molecule has 0 radical (unpaired) electrons. The van der Waals surface area contributed by atoms with Gasteiger partial charge in [-0.05, 0) is 31.0 Å². The molecule has 0 bridgehead atoms. The molecule has 0 saturated heterocycles. The van der Waals surface area contributed by atoms with Crippen LogP contribution in [-0.2, 0) is 0 Å². The van der Waals surface area contributed by atoms with E-state index in [1.165, 1.54) is 17.4 Å². The molecule has 7 heteroatoms. The van der Waals surface area contributed by atoms with Crippen LogP contribution < -0.4 is 10.6 Å². The van der Waals surface area contributed by atoms with Crippen LogP contribution in [-0.4, -0.2) is 11.0 Å². The van der Waals surface area contributed by atoms with Crippen molar-refractivity contribution in [3.8, 4) is 0 Å². The maximum Gasteiger partial charge on any atom is 0.315 e. The van der Waals surface area contributed by atoms with Gasteiger partial charge in [-0.1, -0.05) is 13.0 Å². The maximum absolute atomic E-state index is 13.2. The van der Waals surface area contributed by atoms with E-state index in [4.69, 9.17) is 0 Å². The first kappa shape index (κ1) is 16.4. The smallest absolute Gasteiger partial charge is 0.315 e. The first-order valence-corrected chi connectivity index (χ1v) is 7.80. The van der Waals surface area contributed by atoms with E-state index in [2.05, 4.69) is 15.6 Å². The monoisotopic (exact) mass is 325 g/mol. The lowest BCUT2D eigenvalue weighted by atomic mass is 10.1. The molecular weight excluding hydrogens is 308 g/mol. The van der Waals surface area contributed by atoms with Gasteiger partial charge in [0.2, 0.25) is 0 Å². The Bertz CT molecular complexity index is 634. The van der Waals surface area contributed by atoms with Crippen LogP contribution in [0.5, 0.6) is 0 Å². The van der Waals surface area contributed by atoms with Gasteiger partial charge < -0.3 is 10.6 Å². The fraction of sp³-hybridized carbons (Fsp3) is 0.333. The third kappa shape index (κ3) is 4.00. The lowest BCUT2D eigenvalue weighted by molar-refractivity contribution is 0.233. The molecule has 2 atom stereocenters. The zero-order chi connectivity index (χ0) is 16.1. The van der Waals surface area contributed by atoms with Crippen LogP contribution in [0, 0.1) is 11.6 Å². The topological polar surface area (TPSA) is 54.0 Å². The summed E-state index contributed by atoms with van der Waals surface area (Å²) >= 11 is 1.47. The van der Waals surface area contributed by atoms with E-state index < -0.39 is 17.7 Å². The summed E-state index contributed by atoms with van der Waals surface area (Å²) in [5.41, 5.74) is 0.497. The number of halogens is 2. The summed E-state index contributed by atoms with van der Waals surface area (Å²) in [6.45, 7) is 3.65. The minimum absolute atomic E-state index is 0.169. The highest BCUT2D eigenvalue weighted by Gasteiger charge is 2.17. The summed E-state index contributed by atoms with van der Waals surface area (Å²) < 4.78 is 26.1. The molecule has 2 aromatic rings. The van der Waals surface area contributed by atoms with Crippen molar-refractivity contribution in [1.82, 2.24) is 15.6 Å². The first-order valence-electron chi connectivity index (χ1n) is 6.92. The Morgan fingerprint density at radius 3 is 2.68 bits per heavy atom. The van der Waals surface area contributed by atoms with Crippen molar-refractivity contribution >= 4 is 17.4 Å². The van der Waals surface area contributed by atoms with Crippen LogP contribution >= 0.6 is 11.3 Å². The molecular formula is C15H17F2N3OS. The van der Waals surface area contributed by atoms with Gasteiger partial charge in [-0.2, -0.15) is 0 Å². The van der Waals surface area contributed by atoms with E-state index in [1.54, 1.807) is 13.1 Å². The Morgan fingerprint density at radius 2 is 2.09 bits per heavy atom. The van der Waals surface area contributed by atoms with Crippen molar-refractivity contribution in [2.75, 3.05) is 0 Å². The largest absolute Gasteiger partial charge is 0.332 e. The highest BCUT2D eigenvalue weighted by Crippen LogP contribution is 2.19. The molecule has 22 heavy (non-hydrogen) atoms. The second-order valence-corrected chi connectivity index (χ2v) is 5.77. The molecule has 4 nitrogen and oxygen atoms in total. The van der Waals surface area contributed by atoms with Crippen LogP contribution in [0.15, 0.2) is 29.8 Å². The number of carbonyl (C=O) groups excluding carboxylic acids is 1. The van der Waals surface area contributed by atoms with E-state index in [1.807, 2.05) is 12.3 Å². The SMILES string of the molecule is CC[C@@H](NC(=O)N[C@H](C)c1ccc(F)c(F)c1)c1nccs1. The first-order chi connectivity index (χ1) is 10.5. The lowest BCUT2D eigenvalue weighted by Gasteiger charge is -2.19. The fourth-order valence-corrected chi connectivity index (χ4v) is 2.78. The summed E-state index contributed by atoms with van der Waals surface area (Å²) in [5.74, 6) is -1.84. The van der Waals surface area contributed by atoms with Gasteiger partial charge in [-0.15, -0.1) is 11.3 Å². The zero-order valence-electron chi connectivity index (χ0n) is 12.3. The number of aromatic nitrogens is 1. The molecule has 1 aromatic carbocycles. The van der Waals surface area contributed by atoms with Gasteiger partial charge in [0, 0.05) is 11.6 Å². The predicted molar refractivity (Wildman–Crippen MR) is 81.6 cm³/mol. The third-order valence-corrected chi connectivity index (χ3v) is 4.14. The molecule has 0 aliphatic heterocycles. The van der Waals surface area contributed by atoms with Gasteiger partial charge in [-0.25, -0.2) is 18.6 Å². The summed E-state index contributed by atoms with van der Waals surface area (Å²) in [4.78, 5) is 16.2. The van der Waals surface area contributed by atoms with Crippen LogP contribution in [0.1, 0.15) is 42.9 Å². The molecule has 2 N–H and O–H groups in total. The molecule has 0 saturated carbocycles. The zero-order valence-corrected chi connectivity index (χ0v) is 13.1. The molecule has 0 unspecified atom stereocenters. The van der Waals surface area contributed by atoms with E-state index in [-0.39, 0.29) is 12.1 Å². The average molecular weight is 325 g/mol. The Morgan fingerprint density at radius 1 is 1.32 bits per heavy atom. The molecule has 1 heterocycles. The molecule has 118 valence electrons. The number of benzene rings is 1. The van der Waals surface area contributed by atoms with Crippen LogP contribution in [0.25, 0.3) is 0 Å². The number of nitrogens with one attached hydrogen (secondary N) is 2. The van der Waals surface area contributed by atoms with E-state index >= 15 is 0 Å². The van der Waals surface area contributed by atoms with Crippen LogP contribution in [0.2, 0.25) is 0 Å². The normalized spacial score (nSPS) is 13.5. The Labute approximate surface area is 131 Å². The molecule has 2 amide bonds. The number of amides is 2. The fourth-order valence-electron chi connectivity index (χ4n) is 2.01. The van der Waals surface area contributed by atoms with Crippen molar-refractivity contribution in [2.45, 2.75) is 32.4 Å². The lowest BCUT2D eigenvalue weighted by Crippen LogP contribution is -2.39. The quantitative estimate of drug-likeness (QED) is 0.875. The van der Waals surface area contributed by atoms with Crippen LogP contribution in [0.4, 0.5) is 13.6 Å². The van der Waals surface area contributed by atoms with Crippen molar-refractivity contribution in [1.29, 1.82) is 0 Å². The van der Waals surface area contributed by atoms with E-state index in [0.29, 0.717) is 12.0 Å². The van der Waals surface area contributed by atoms with Gasteiger partial charge in [0.05, 0.1) is 12.1 Å². The number of urea groups is 1. The minimum atomic E-state index is -0.930. The van der Waals surface area contributed by atoms with Crippen molar-refractivity contribution in [2.24, 2.45) is 0 Å². The molecule has 1 aromatic heterocycles. The Balaban J connectivity index is 1.97. The molecule has 0 aliphatic carbocycles. The highest BCUT2D eigenvalue weighted by molar-refractivity contribution is 7.09. The molecule has 0 spiro atoms. The number of hydrogen-bond donors (Lipinski definition) is 2. The summed E-state index contributed by atoms with van der Waals surface area (Å²) in [5, 5.41) is 8.21. The number of nitrogens with zero attached hydrogens (tertiary/aromatic N) is 1. The number of thiazole rings is 1. The number of rotatable bonds is 5. The molecule has 0 fully saturated rings. The number of carbonyl (C=O) groups is 1. The minimum Gasteiger partial charge on any atom is -0.332 e. The summed E-state index contributed by atoms with van der Waals surface area (Å²) in [7, 11) is 0. The van der Waals surface area contributed by atoms with Gasteiger partial charge in [0.25, 0.3) is 0 Å². The molecule has 2 rings (SSSR count). The molecule has 0 aliphatic rings. The van der Waals surface area contributed by atoms with Crippen molar-refractivity contribution < 1.29 is 13.6 Å². The number of hydrogen-bond acceptors (Lipinski definition) is 3. The van der Waals surface area contributed by atoms with E-state index in [0.717, 1.165) is 17.1 Å². The average Bonchev–Trinajstić information content (AvgIpc) is 3.01. The Kier molecular flexibility index (Phi) is 5.43. The van der Waals surface area contributed by atoms with Gasteiger partial charge in [0.1, 0.15) is 5.01 Å². The van der Waals surface area contributed by atoms with Gasteiger partial charge >= 0.3 is 6.03 Å². The summed E-state index contributed by atoms with van der Waals surface area (Å²) in [6, 6.07) is 2.59. The second kappa shape index (κ2) is 7.31. The standard InChI is InChI=1S/C15H17F2N3OS/c1-3-13(14-18-6-7-22-14)20-15(21)19-9(2)10-4-5-11(16)12(17)8-10/h4-9,13H,3H2,1-2H3,(H2,19,20,21)/t9-,13-/m1/s1. The van der Waals surface area contributed by atoms with E-state index in [9.17, 15) is 13.6 Å².